The van der Waals surface area contributed by atoms with Gasteiger partial charge in [-0.3, -0.25) is 14.9 Å². The molecule has 0 N–H and O–H groups in total. The molecule has 0 aliphatic carbocycles. The summed E-state index contributed by atoms with van der Waals surface area (Å²) in [6.45, 7) is 4.16. The van der Waals surface area contributed by atoms with Crippen LogP contribution in [0.4, 0.5) is 5.69 Å². The Bertz CT molecular complexity index is 1760. The summed E-state index contributed by atoms with van der Waals surface area (Å²) in [6, 6.07) is 26.9. The van der Waals surface area contributed by atoms with Crippen molar-refractivity contribution >= 4 is 22.8 Å². The van der Waals surface area contributed by atoms with Gasteiger partial charge in [0.25, 0.3) is 5.56 Å². The van der Waals surface area contributed by atoms with Gasteiger partial charge >= 0.3 is 5.69 Å². The summed E-state index contributed by atoms with van der Waals surface area (Å²) in [5, 5.41) is 16.9. The maximum absolute atomic E-state index is 13.4. The molecule has 1 heterocycles. The Morgan fingerprint density at radius 3 is 2.42 bits per heavy atom. The van der Waals surface area contributed by atoms with Gasteiger partial charge in [-0.25, -0.2) is 4.98 Å². The minimum atomic E-state index is -0.524. The van der Waals surface area contributed by atoms with E-state index in [1.54, 1.807) is 31.2 Å². The summed E-state index contributed by atoms with van der Waals surface area (Å²) in [7, 11) is 0. The molecule has 9 heteroatoms. The van der Waals surface area contributed by atoms with Crippen molar-refractivity contribution in [3.63, 3.8) is 0 Å². The molecule has 0 amide bonds. The summed E-state index contributed by atoms with van der Waals surface area (Å²) in [5.74, 6) is 0.578. The Morgan fingerprint density at radius 2 is 1.70 bits per heavy atom. The number of nitro benzene ring substituents is 1. The third kappa shape index (κ3) is 5.58. The Morgan fingerprint density at radius 1 is 0.975 bits per heavy atom. The Hall–Kier alpha value is -5.31. The number of nitrogens with zero attached hydrogens (tertiary/aromatic N) is 4. The molecule has 1 aromatic heterocycles. The molecular weight excluding hydrogens is 508 g/mol. The maximum Gasteiger partial charge on any atom is 0.315 e. The molecule has 40 heavy (non-hydrogen) atoms. The number of aromatic nitrogens is 2. The first-order valence-electron chi connectivity index (χ1n) is 12.7. The molecule has 0 aliphatic heterocycles. The lowest BCUT2D eigenvalue weighted by atomic mass is 10.1. The summed E-state index contributed by atoms with van der Waals surface area (Å²) >= 11 is 0. The van der Waals surface area contributed by atoms with Crippen LogP contribution >= 0.6 is 0 Å². The Kier molecular flexibility index (Phi) is 7.63. The first-order valence-corrected chi connectivity index (χ1v) is 12.7. The number of para-hydroxylation sites is 1. The van der Waals surface area contributed by atoms with Gasteiger partial charge in [0.15, 0.2) is 11.6 Å². The van der Waals surface area contributed by atoms with Gasteiger partial charge < -0.3 is 9.47 Å². The van der Waals surface area contributed by atoms with Crippen molar-refractivity contribution in [3.05, 3.63) is 128 Å². The van der Waals surface area contributed by atoms with Crippen LogP contribution in [0.5, 0.6) is 11.5 Å². The highest BCUT2D eigenvalue weighted by Gasteiger charge is 2.23. The number of nitro groups is 1. The molecule has 0 spiro atoms. The monoisotopic (exact) mass is 534 g/mol. The standard InChI is InChI=1S/C31H26N4O5/c1-3-39-28-18-23(17-27(35(37)38)29(28)40-20-22-15-13-21(2)14-16-22)19-32-34-30(24-9-5-4-6-10-24)33-26-12-8-7-11-25(26)31(34)36/h4-19H,3,20H2,1-2H3. The second kappa shape index (κ2) is 11.6. The molecule has 0 saturated heterocycles. The SMILES string of the molecule is CCOc1cc(C=Nn2c(-c3ccccc3)nc3ccccc3c2=O)cc([N+](=O)[O-])c1OCc1ccc(C)cc1. The van der Waals surface area contributed by atoms with E-state index in [2.05, 4.69) is 10.1 Å². The van der Waals surface area contributed by atoms with Crippen molar-refractivity contribution in [2.45, 2.75) is 20.5 Å². The Labute approximate surface area is 230 Å². The number of benzene rings is 4. The fourth-order valence-corrected chi connectivity index (χ4v) is 4.20. The first kappa shape index (κ1) is 26.3. The molecule has 0 radical (unpaired) electrons. The predicted molar refractivity (Wildman–Crippen MR) is 154 cm³/mol. The highest BCUT2D eigenvalue weighted by Crippen LogP contribution is 2.39. The largest absolute Gasteiger partial charge is 0.490 e. The Balaban J connectivity index is 1.58. The molecule has 0 atom stereocenters. The van der Waals surface area contributed by atoms with Crippen LogP contribution in [0.2, 0.25) is 0 Å². The van der Waals surface area contributed by atoms with Crippen molar-refractivity contribution in [3.8, 4) is 22.9 Å². The number of rotatable bonds is 9. The molecule has 9 nitrogen and oxygen atoms in total. The van der Waals surface area contributed by atoms with E-state index in [0.717, 1.165) is 11.1 Å². The lowest BCUT2D eigenvalue weighted by molar-refractivity contribution is -0.386. The number of ether oxygens (including phenoxy) is 2. The molecule has 5 rings (SSSR count). The molecule has 0 unspecified atom stereocenters. The topological polar surface area (TPSA) is 109 Å². The fourth-order valence-electron chi connectivity index (χ4n) is 4.20. The molecule has 0 fully saturated rings. The van der Waals surface area contributed by atoms with E-state index < -0.39 is 4.92 Å². The van der Waals surface area contributed by atoms with Crippen LogP contribution in [0, 0.1) is 17.0 Å². The van der Waals surface area contributed by atoms with Gasteiger partial charge in [-0.1, -0.05) is 72.3 Å². The molecular formula is C31H26N4O5. The molecule has 0 saturated carbocycles. The van der Waals surface area contributed by atoms with Crippen LogP contribution in [0.25, 0.3) is 22.3 Å². The summed E-state index contributed by atoms with van der Waals surface area (Å²) in [6.07, 6.45) is 1.38. The number of hydrogen-bond donors (Lipinski definition) is 0. The van der Waals surface area contributed by atoms with Crippen LogP contribution in [0.15, 0.2) is 101 Å². The van der Waals surface area contributed by atoms with Crippen LogP contribution in [-0.2, 0) is 6.61 Å². The quantitative estimate of drug-likeness (QED) is 0.128. The highest BCUT2D eigenvalue weighted by molar-refractivity contribution is 5.84. The second-order valence-corrected chi connectivity index (χ2v) is 9.01. The average Bonchev–Trinajstić information content (AvgIpc) is 2.97. The summed E-state index contributed by atoms with van der Waals surface area (Å²) in [5.41, 5.74) is 2.93. The van der Waals surface area contributed by atoms with E-state index in [0.29, 0.717) is 27.9 Å². The van der Waals surface area contributed by atoms with Crippen molar-refractivity contribution < 1.29 is 14.4 Å². The van der Waals surface area contributed by atoms with Crippen LogP contribution in [0.3, 0.4) is 0 Å². The lowest BCUT2D eigenvalue weighted by Gasteiger charge is -2.13. The van der Waals surface area contributed by atoms with Gasteiger partial charge in [0.2, 0.25) is 5.75 Å². The van der Waals surface area contributed by atoms with Gasteiger partial charge in [0, 0.05) is 17.2 Å². The van der Waals surface area contributed by atoms with E-state index >= 15 is 0 Å². The van der Waals surface area contributed by atoms with Crippen LogP contribution < -0.4 is 15.0 Å². The molecule has 4 aromatic carbocycles. The van der Waals surface area contributed by atoms with E-state index in [4.69, 9.17) is 9.47 Å². The minimum Gasteiger partial charge on any atom is -0.490 e. The first-order chi connectivity index (χ1) is 19.4. The summed E-state index contributed by atoms with van der Waals surface area (Å²) in [4.78, 5) is 29.7. The van der Waals surface area contributed by atoms with E-state index in [1.807, 2.05) is 67.6 Å². The van der Waals surface area contributed by atoms with Crippen LogP contribution in [0.1, 0.15) is 23.6 Å². The zero-order valence-corrected chi connectivity index (χ0v) is 22.0. The molecule has 0 bridgehead atoms. The maximum atomic E-state index is 13.4. The molecule has 200 valence electrons. The van der Waals surface area contributed by atoms with E-state index in [-0.39, 0.29) is 36.0 Å². The van der Waals surface area contributed by atoms with Crippen molar-refractivity contribution in [1.29, 1.82) is 0 Å². The summed E-state index contributed by atoms with van der Waals surface area (Å²) < 4.78 is 12.8. The zero-order valence-electron chi connectivity index (χ0n) is 22.0. The number of hydrogen-bond acceptors (Lipinski definition) is 7. The van der Waals surface area contributed by atoms with Gasteiger partial charge in [0.05, 0.1) is 28.6 Å². The average molecular weight is 535 g/mol. The molecule has 5 aromatic rings. The van der Waals surface area contributed by atoms with E-state index in [9.17, 15) is 14.9 Å². The second-order valence-electron chi connectivity index (χ2n) is 9.01. The third-order valence-electron chi connectivity index (χ3n) is 6.17. The fraction of sp³-hybridized carbons (Fsp3) is 0.129. The number of aryl methyl sites for hydroxylation is 1. The lowest BCUT2D eigenvalue weighted by Crippen LogP contribution is -2.20. The van der Waals surface area contributed by atoms with Crippen LogP contribution in [-0.4, -0.2) is 27.4 Å². The highest BCUT2D eigenvalue weighted by atomic mass is 16.6. The van der Waals surface area contributed by atoms with Gasteiger partial charge in [-0.05, 0) is 37.6 Å². The molecule has 0 aliphatic rings. The minimum absolute atomic E-state index is 0.0269. The smallest absolute Gasteiger partial charge is 0.315 e. The normalized spacial score (nSPS) is 11.2. The van der Waals surface area contributed by atoms with Gasteiger partial charge in [0.1, 0.15) is 6.61 Å². The van der Waals surface area contributed by atoms with Crippen molar-refractivity contribution in [2.24, 2.45) is 5.10 Å². The number of fused-ring (bicyclic) bond motifs is 1. The van der Waals surface area contributed by atoms with Crippen molar-refractivity contribution in [1.82, 2.24) is 9.66 Å². The third-order valence-corrected chi connectivity index (χ3v) is 6.17. The zero-order chi connectivity index (χ0) is 28.1. The van der Waals surface area contributed by atoms with Crippen molar-refractivity contribution in [2.75, 3.05) is 6.61 Å². The van der Waals surface area contributed by atoms with Gasteiger partial charge in [-0.2, -0.15) is 9.78 Å². The van der Waals surface area contributed by atoms with Gasteiger partial charge in [-0.15, -0.1) is 0 Å². The predicted octanol–water partition coefficient (Wildman–Crippen LogP) is 6.14. The van der Waals surface area contributed by atoms with E-state index in [1.165, 1.54) is 17.0 Å².